The Hall–Kier alpha value is -2.38. The summed E-state index contributed by atoms with van der Waals surface area (Å²) in [6.45, 7) is 15.4. The predicted molar refractivity (Wildman–Crippen MR) is 147 cm³/mol. The standard InChI is InChI=1S/C27H48N6O/c1-11-23(12-2)17-25-18-26(33(10)32(25)9)30-19-29-20(4)16-24(13-3)21(5)22(6)27(28-7)31(8)14-15-34/h11-12,16,18-22,25,34H,1,13-15,17H2,2-10H3,(H,29,30)/b23-12+,24-16-,28-27+. The summed E-state index contributed by atoms with van der Waals surface area (Å²) in [7, 11) is 7.96. The van der Waals surface area contributed by atoms with Gasteiger partial charge in [-0.15, -0.1) is 0 Å². The summed E-state index contributed by atoms with van der Waals surface area (Å²) in [5.74, 6) is 2.63. The number of rotatable bonds is 13. The van der Waals surface area contributed by atoms with Crippen LogP contribution in [0.15, 0.2) is 57.8 Å². The van der Waals surface area contributed by atoms with Gasteiger partial charge in [-0.2, -0.15) is 0 Å². The normalized spacial score (nSPS) is 21.0. The predicted octanol–water partition coefficient (Wildman–Crippen LogP) is 4.08. The first-order chi connectivity index (χ1) is 16.1. The number of hydrogen-bond acceptors (Lipinski definition) is 5. The molecule has 4 atom stereocenters. The van der Waals surface area contributed by atoms with E-state index in [1.165, 1.54) is 11.1 Å². The zero-order chi connectivity index (χ0) is 25.8. The minimum absolute atomic E-state index is 0.0607. The lowest BCUT2D eigenvalue weighted by Crippen LogP contribution is -2.39. The van der Waals surface area contributed by atoms with Crippen molar-refractivity contribution in [1.82, 2.24) is 20.2 Å². The first-order valence-electron chi connectivity index (χ1n) is 12.4. The van der Waals surface area contributed by atoms with E-state index >= 15 is 0 Å². The largest absolute Gasteiger partial charge is 0.395 e. The van der Waals surface area contributed by atoms with Crippen LogP contribution in [0.1, 0.15) is 47.5 Å². The first kappa shape index (κ1) is 29.7. The van der Waals surface area contributed by atoms with Gasteiger partial charge in [0.15, 0.2) is 0 Å². The van der Waals surface area contributed by atoms with Gasteiger partial charge in [0.2, 0.25) is 0 Å². The van der Waals surface area contributed by atoms with E-state index in [0.29, 0.717) is 12.5 Å². The van der Waals surface area contributed by atoms with Gasteiger partial charge in [0.1, 0.15) is 11.7 Å². The zero-order valence-corrected chi connectivity index (χ0v) is 22.9. The molecule has 0 fully saturated rings. The maximum atomic E-state index is 9.30. The van der Waals surface area contributed by atoms with Crippen LogP contribution < -0.4 is 5.32 Å². The van der Waals surface area contributed by atoms with Crippen LogP contribution in [-0.2, 0) is 0 Å². The Morgan fingerprint density at radius 1 is 1.29 bits per heavy atom. The highest BCUT2D eigenvalue weighted by atomic mass is 16.3. The highest BCUT2D eigenvalue weighted by Gasteiger charge is 2.26. The summed E-state index contributed by atoms with van der Waals surface area (Å²) in [4.78, 5) is 11.3. The van der Waals surface area contributed by atoms with E-state index in [1.54, 1.807) is 6.34 Å². The number of hydrogen-bond donors (Lipinski definition) is 2. The minimum atomic E-state index is 0.0607. The number of hydrazine groups is 1. The third-order valence-corrected chi connectivity index (χ3v) is 6.91. The third kappa shape index (κ3) is 8.13. The van der Waals surface area contributed by atoms with Gasteiger partial charge >= 0.3 is 0 Å². The second kappa shape index (κ2) is 14.8. The van der Waals surface area contributed by atoms with Crippen LogP contribution in [0.25, 0.3) is 0 Å². The molecule has 0 aromatic carbocycles. The molecule has 192 valence electrons. The van der Waals surface area contributed by atoms with Crippen molar-refractivity contribution in [3.05, 3.63) is 47.9 Å². The smallest absolute Gasteiger partial charge is 0.118 e. The van der Waals surface area contributed by atoms with Crippen LogP contribution in [0.5, 0.6) is 0 Å². The quantitative estimate of drug-likeness (QED) is 0.183. The maximum absolute atomic E-state index is 9.30. The maximum Gasteiger partial charge on any atom is 0.118 e. The molecule has 4 unspecified atom stereocenters. The Morgan fingerprint density at radius 2 is 1.97 bits per heavy atom. The summed E-state index contributed by atoms with van der Waals surface area (Å²) < 4.78 is 0. The molecule has 1 aliphatic heterocycles. The number of aliphatic hydroxyl groups excluding tert-OH is 1. The van der Waals surface area contributed by atoms with Crippen molar-refractivity contribution >= 4 is 12.2 Å². The molecule has 0 aromatic rings. The molecule has 7 nitrogen and oxygen atoms in total. The van der Waals surface area contributed by atoms with Crippen LogP contribution in [0.4, 0.5) is 0 Å². The van der Waals surface area contributed by atoms with Crippen molar-refractivity contribution in [3.8, 4) is 0 Å². The van der Waals surface area contributed by atoms with E-state index in [4.69, 9.17) is 4.99 Å². The molecule has 2 N–H and O–H groups in total. The van der Waals surface area contributed by atoms with Gasteiger partial charge in [-0.3, -0.25) is 15.0 Å². The van der Waals surface area contributed by atoms with E-state index < -0.39 is 0 Å². The lowest BCUT2D eigenvalue weighted by molar-refractivity contribution is 0.0592. The average Bonchev–Trinajstić information content (AvgIpc) is 3.08. The summed E-state index contributed by atoms with van der Waals surface area (Å²) >= 11 is 0. The molecule has 34 heavy (non-hydrogen) atoms. The summed E-state index contributed by atoms with van der Waals surface area (Å²) in [5, 5.41) is 17.0. The minimum Gasteiger partial charge on any atom is -0.395 e. The number of aliphatic imine (C=N–C) groups is 2. The number of likely N-dealkylation sites (N-methyl/N-ethyl adjacent to an activating group) is 2. The summed E-state index contributed by atoms with van der Waals surface area (Å²) in [5.41, 5.74) is 2.61. The van der Waals surface area contributed by atoms with Crippen molar-refractivity contribution in [3.63, 3.8) is 0 Å². The topological polar surface area (TPSA) is 66.7 Å². The van der Waals surface area contributed by atoms with E-state index in [0.717, 1.165) is 24.5 Å². The molecule has 1 rings (SSSR count). The van der Waals surface area contributed by atoms with E-state index in [9.17, 15) is 5.11 Å². The van der Waals surface area contributed by atoms with E-state index in [-0.39, 0.29) is 24.6 Å². The zero-order valence-electron chi connectivity index (χ0n) is 22.9. The molecule has 0 bridgehead atoms. The Kier molecular flexibility index (Phi) is 12.9. The molecule has 0 saturated carbocycles. The highest BCUT2D eigenvalue weighted by Crippen LogP contribution is 2.26. The van der Waals surface area contributed by atoms with Crippen LogP contribution in [0, 0.1) is 11.8 Å². The monoisotopic (exact) mass is 472 g/mol. The van der Waals surface area contributed by atoms with Gasteiger partial charge < -0.3 is 15.3 Å². The fraction of sp³-hybridized carbons (Fsp3) is 0.630. The summed E-state index contributed by atoms with van der Waals surface area (Å²) in [6.07, 6.45) is 12.2. The molecule has 0 amide bonds. The van der Waals surface area contributed by atoms with Gasteiger partial charge in [-0.1, -0.05) is 56.7 Å². The number of nitrogens with zero attached hydrogens (tertiary/aromatic N) is 5. The van der Waals surface area contributed by atoms with Gasteiger partial charge in [-0.25, -0.2) is 5.01 Å². The molecular formula is C27H48N6O. The second-order valence-electron chi connectivity index (χ2n) is 9.05. The molecule has 0 spiro atoms. The van der Waals surface area contributed by atoms with Crippen molar-refractivity contribution in [1.29, 1.82) is 0 Å². The molecule has 0 aromatic heterocycles. The highest BCUT2D eigenvalue weighted by molar-refractivity contribution is 5.84. The average molecular weight is 473 g/mol. The number of nitrogens with one attached hydrogen (secondary N) is 1. The molecule has 0 radical (unpaired) electrons. The molecule has 0 aliphatic carbocycles. The second-order valence-corrected chi connectivity index (χ2v) is 9.05. The number of amidine groups is 1. The van der Waals surface area contributed by atoms with Crippen LogP contribution in [0.2, 0.25) is 0 Å². The van der Waals surface area contributed by atoms with Gasteiger partial charge in [0, 0.05) is 40.7 Å². The fourth-order valence-corrected chi connectivity index (χ4v) is 4.38. The lowest BCUT2D eigenvalue weighted by Gasteiger charge is -2.30. The molecular weight excluding hydrogens is 424 g/mol. The van der Waals surface area contributed by atoms with Gasteiger partial charge in [0.05, 0.1) is 25.0 Å². The molecule has 0 saturated heterocycles. The Morgan fingerprint density at radius 3 is 2.50 bits per heavy atom. The SMILES string of the molecule is C=C/C(=C\C)CC1C=C(N/C=N/C(C)/C=C(/CC)C(C)C(C)/C(=N\C)N(C)CCO)N(C)N1C. The summed E-state index contributed by atoms with van der Waals surface area (Å²) in [6, 6.07) is 0.348. The fourth-order valence-electron chi connectivity index (χ4n) is 4.38. The van der Waals surface area contributed by atoms with Crippen LogP contribution in [0.3, 0.4) is 0 Å². The molecule has 7 heteroatoms. The Bertz CT molecular complexity index is 797. The number of allylic oxidation sites excluding steroid dienone is 3. The van der Waals surface area contributed by atoms with Gasteiger partial charge in [-0.05, 0) is 38.7 Å². The van der Waals surface area contributed by atoms with Crippen molar-refractivity contribution in [2.24, 2.45) is 21.8 Å². The lowest BCUT2D eigenvalue weighted by atomic mass is 9.85. The Labute approximate surface area is 208 Å². The van der Waals surface area contributed by atoms with Crippen molar-refractivity contribution in [2.45, 2.75) is 59.5 Å². The number of aliphatic hydroxyl groups is 1. The molecule has 1 heterocycles. The van der Waals surface area contributed by atoms with E-state index in [1.807, 2.05) is 25.1 Å². The first-order valence-corrected chi connectivity index (χ1v) is 12.4. The van der Waals surface area contributed by atoms with Crippen molar-refractivity contribution < 1.29 is 5.11 Å². The van der Waals surface area contributed by atoms with Crippen LogP contribution in [-0.4, -0.2) is 85.6 Å². The van der Waals surface area contributed by atoms with Crippen molar-refractivity contribution in [2.75, 3.05) is 41.3 Å². The van der Waals surface area contributed by atoms with Crippen LogP contribution >= 0.6 is 0 Å². The Balaban J connectivity index is 2.85. The van der Waals surface area contributed by atoms with E-state index in [2.05, 4.69) is 93.8 Å². The van der Waals surface area contributed by atoms with Gasteiger partial charge in [0.25, 0.3) is 0 Å². The molecule has 1 aliphatic rings. The third-order valence-electron chi connectivity index (χ3n) is 6.91.